The molecule has 2 atom stereocenters. The van der Waals surface area contributed by atoms with Crippen LogP contribution in [-0.2, 0) is 4.74 Å². The fourth-order valence-electron chi connectivity index (χ4n) is 3.36. The molecule has 0 aliphatic carbocycles. The predicted molar refractivity (Wildman–Crippen MR) is 89.7 cm³/mol. The van der Waals surface area contributed by atoms with Crippen LogP contribution in [0.25, 0.3) is 0 Å². The lowest BCUT2D eigenvalue weighted by atomic mass is 9.98. The van der Waals surface area contributed by atoms with E-state index in [1.165, 1.54) is 0 Å². The van der Waals surface area contributed by atoms with E-state index in [1.807, 2.05) is 30.9 Å². The van der Waals surface area contributed by atoms with Crippen molar-refractivity contribution in [1.29, 1.82) is 0 Å². The van der Waals surface area contributed by atoms with Crippen molar-refractivity contribution in [3.05, 3.63) is 23.9 Å². The number of hydrogen-bond acceptors (Lipinski definition) is 5. The first-order valence-corrected chi connectivity index (χ1v) is 8.39. The summed E-state index contributed by atoms with van der Waals surface area (Å²) >= 11 is 0. The first-order valence-electron chi connectivity index (χ1n) is 8.39. The first kappa shape index (κ1) is 16.2. The molecule has 126 valence electrons. The minimum atomic E-state index is 0.0543. The molecule has 1 N–H and O–H groups in total. The number of nitrogens with zero attached hydrogens (tertiary/aromatic N) is 3. The molecule has 2 aliphatic heterocycles. The lowest BCUT2D eigenvalue weighted by Crippen LogP contribution is -2.59. The Labute approximate surface area is 137 Å². The molecule has 0 saturated carbocycles. The minimum absolute atomic E-state index is 0.0543. The Morgan fingerprint density at radius 2 is 2.26 bits per heavy atom. The summed E-state index contributed by atoms with van der Waals surface area (Å²) in [6.45, 7) is 7.26. The van der Waals surface area contributed by atoms with Crippen LogP contribution < -0.4 is 5.32 Å². The van der Waals surface area contributed by atoms with Gasteiger partial charge in [0.05, 0.1) is 24.3 Å². The van der Waals surface area contributed by atoms with Crippen LogP contribution in [0.5, 0.6) is 0 Å². The summed E-state index contributed by atoms with van der Waals surface area (Å²) in [5.74, 6) is 0.724. The van der Waals surface area contributed by atoms with Crippen LogP contribution in [0.1, 0.15) is 30.6 Å². The van der Waals surface area contributed by atoms with Gasteiger partial charge in [-0.3, -0.25) is 9.69 Å². The van der Waals surface area contributed by atoms with E-state index in [9.17, 15) is 4.79 Å². The number of morpholine rings is 1. The van der Waals surface area contributed by atoms with E-state index < -0.39 is 0 Å². The van der Waals surface area contributed by atoms with Crippen molar-refractivity contribution in [3.8, 4) is 0 Å². The van der Waals surface area contributed by atoms with Gasteiger partial charge in [0.2, 0.25) is 0 Å². The van der Waals surface area contributed by atoms with Crippen molar-refractivity contribution in [1.82, 2.24) is 14.8 Å². The number of amides is 1. The van der Waals surface area contributed by atoms with Gasteiger partial charge in [-0.25, -0.2) is 4.98 Å². The van der Waals surface area contributed by atoms with Crippen LogP contribution in [0.15, 0.2) is 18.3 Å². The molecule has 0 aromatic carbocycles. The van der Waals surface area contributed by atoms with E-state index in [0.29, 0.717) is 17.4 Å². The van der Waals surface area contributed by atoms with Crippen LogP contribution in [-0.4, -0.2) is 72.2 Å². The average Bonchev–Trinajstić information content (AvgIpc) is 2.54. The predicted octanol–water partition coefficient (Wildman–Crippen LogP) is 1.45. The molecule has 1 aromatic heterocycles. The molecule has 3 heterocycles. The number of fused-ring (bicyclic) bond motifs is 1. The molecule has 2 saturated heterocycles. The molecular weight excluding hydrogens is 292 g/mol. The Morgan fingerprint density at radius 3 is 3.04 bits per heavy atom. The van der Waals surface area contributed by atoms with E-state index in [1.54, 1.807) is 6.20 Å². The van der Waals surface area contributed by atoms with Gasteiger partial charge in [0.1, 0.15) is 5.82 Å². The van der Waals surface area contributed by atoms with E-state index >= 15 is 0 Å². The number of piperidine rings is 1. The second-order valence-electron chi connectivity index (χ2n) is 6.70. The highest BCUT2D eigenvalue weighted by molar-refractivity contribution is 5.98. The Morgan fingerprint density at radius 1 is 1.43 bits per heavy atom. The Balaban J connectivity index is 1.76. The third-order valence-electron chi connectivity index (χ3n) is 4.61. The molecule has 2 fully saturated rings. The van der Waals surface area contributed by atoms with Gasteiger partial charge in [0.15, 0.2) is 0 Å². The molecule has 0 bridgehead atoms. The fraction of sp³-hybridized carbons (Fsp3) is 0.647. The summed E-state index contributed by atoms with van der Waals surface area (Å²) in [5.41, 5.74) is 0.652. The van der Waals surface area contributed by atoms with Crippen LogP contribution in [0.2, 0.25) is 0 Å². The van der Waals surface area contributed by atoms with E-state index in [-0.39, 0.29) is 18.1 Å². The normalized spacial score (nSPS) is 25.3. The molecule has 6 nitrogen and oxygen atoms in total. The van der Waals surface area contributed by atoms with Crippen molar-refractivity contribution in [3.63, 3.8) is 0 Å². The lowest BCUT2D eigenvalue weighted by Gasteiger charge is -2.45. The standard InChI is InChI=1S/C17H26N4O2/c1-12(2)19-16-13(5-4-7-18-16)17(22)21-8-6-15-14(11-21)20(3)9-10-23-15/h4-5,7,12,14-15H,6,8-11H2,1-3H3,(H,18,19). The van der Waals surface area contributed by atoms with Crippen molar-refractivity contribution in [2.24, 2.45) is 0 Å². The molecule has 3 rings (SSSR count). The zero-order chi connectivity index (χ0) is 16.4. The summed E-state index contributed by atoms with van der Waals surface area (Å²) < 4.78 is 5.86. The lowest BCUT2D eigenvalue weighted by molar-refractivity contribution is -0.0893. The second-order valence-corrected chi connectivity index (χ2v) is 6.70. The Bertz CT molecular complexity index is 563. The summed E-state index contributed by atoms with van der Waals surface area (Å²) in [5, 5.41) is 3.26. The summed E-state index contributed by atoms with van der Waals surface area (Å²) in [6, 6.07) is 4.20. The highest BCUT2D eigenvalue weighted by Crippen LogP contribution is 2.24. The van der Waals surface area contributed by atoms with Crippen molar-refractivity contribution in [2.45, 2.75) is 38.5 Å². The van der Waals surface area contributed by atoms with Crippen LogP contribution in [0.3, 0.4) is 0 Å². The number of carbonyl (C=O) groups excluding carboxylic acids is 1. The summed E-state index contributed by atoms with van der Waals surface area (Å²) in [6.07, 6.45) is 2.87. The van der Waals surface area contributed by atoms with Gasteiger partial charge in [-0.2, -0.15) is 0 Å². The SMILES string of the molecule is CC(C)Nc1ncccc1C(=O)N1CCC2OCCN(C)C2C1. The molecule has 2 aliphatic rings. The van der Waals surface area contributed by atoms with Gasteiger partial charge in [0.25, 0.3) is 5.91 Å². The third-order valence-corrected chi connectivity index (χ3v) is 4.61. The fourth-order valence-corrected chi connectivity index (χ4v) is 3.36. The van der Waals surface area contributed by atoms with Crippen LogP contribution >= 0.6 is 0 Å². The number of likely N-dealkylation sites (tertiary alicyclic amines) is 1. The van der Waals surface area contributed by atoms with E-state index in [2.05, 4.69) is 22.2 Å². The van der Waals surface area contributed by atoms with Crippen molar-refractivity contribution >= 4 is 11.7 Å². The maximum Gasteiger partial charge on any atom is 0.257 e. The molecule has 2 unspecified atom stereocenters. The van der Waals surface area contributed by atoms with Gasteiger partial charge >= 0.3 is 0 Å². The van der Waals surface area contributed by atoms with Crippen LogP contribution in [0, 0.1) is 0 Å². The zero-order valence-corrected chi connectivity index (χ0v) is 14.2. The number of hydrogen-bond donors (Lipinski definition) is 1. The van der Waals surface area contributed by atoms with E-state index in [0.717, 1.165) is 32.7 Å². The van der Waals surface area contributed by atoms with Crippen LogP contribution in [0.4, 0.5) is 5.82 Å². The smallest absolute Gasteiger partial charge is 0.257 e. The minimum Gasteiger partial charge on any atom is -0.375 e. The molecule has 23 heavy (non-hydrogen) atoms. The highest BCUT2D eigenvalue weighted by Gasteiger charge is 2.37. The number of aromatic nitrogens is 1. The van der Waals surface area contributed by atoms with Crippen molar-refractivity contribution in [2.75, 3.05) is 38.6 Å². The number of ether oxygens (including phenoxy) is 1. The second kappa shape index (κ2) is 6.84. The molecular formula is C17H26N4O2. The molecule has 0 radical (unpaired) electrons. The molecule has 1 aromatic rings. The number of rotatable bonds is 3. The van der Waals surface area contributed by atoms with E-state index in [4.69, 9.17) is 4.74 Å². The number of likely N-dealkylation sites (N-methyl/N-ethyl adjacent to an activating group) is 1. The zero-order valence-electron chi connectivity index (χ0n) is 14.2. The number of pyridine rings is 1. The molecule has 1 amide bonds. The maximum atomic E-state index is 13.0. The quantitative estimate of drug-likeness (QED) is 0.914. The average molecular weight is 318 g/mol. The van der Waals surface area contributed by atoms with Gasteiger partial charge in [-0.05, 0) is 39.4 Å². The Kier molecular flexibility index (Phi) is 4.82. The van der Waals surface area contributed by atoms with Gasteiger partial charge in [0, 0.05) is 31.9 Å². The topological polar surface area (TPSA) is 57.7 Å². The number of nitrogens with one attached hydrogen (secondary N) is 1. The van der Waals surface area contributed by atoms with Gasteiger partial charge in [-0.1, -0.05) is 0 Å². The van der Waals surface area contributed by atoms with Gasteiger partial charge < -0.3 is 15.0 Å². The molecule has 0 spiro atoms. The Hall–Kier alpha value is -1.66. The monoisotopic (exact) mass is 318 g/mol. The van der Waals surface area contributed by atoms with Gasteiger partial charge in [-0.15, -0.1) is 0 Å². The third kappa shape index (κ3) is 3.48. The maximum absolute atomic E-state index is 13.0. The summed E-state index contributed by atoms with van der Waals surface area (Å²) in [4.78, 5) is 21.6. The number of anilines is 1. The van der Waals surface area contributed by atoms with Crippen molar-refractivity contribution < 1.29 is 9.53 Å². The highest BCUT2D eigenvalue weighted by atomic mass is 16.5. The largest absolute Gasteiger partial charge is 0.375 e. The number of carbonyl (C=O) groups is 1. The first-order chi connectivity index (χ1) is 11.1. The summed E-state index contributed by atoms with van der Waals surface area (Å²) in [7, 11) is 2.12. The molecule has 6 heteroatoms.